The molecule has 1 aromatic carbocycles. The number of carbonyl (C=O) groups excluding carboxylic acids is 1. The third kappa shape index (κ3) is 3.17. The molecular weight excluding hydrogens is 310 g/mol. The number of hydrogen-bond donors (Lipinski definition) is 1. The minimum atomic E-state index is -0.212. The molecule has 1 N–H and O–H groups in total. The summed E-state index contributed by atoms with van der Waals surface area (Å²) in [6.07, 6.45) is 1.46. The molecule has 0 unspecified atom stereocenters. The Bertz CT molecular complexity index is 873. The molecule has 0 spiro atoms. The van der Waals surface area contributed by atoms with E-state index in [4.69, 9.17) is 4.74 Å². The van der Waals surface area contributed by atoms with Crippen LogP contribution in [0.4, 0.5) is 5.69 Å². The van der Waals surface area contributed by atoms with Crippen LogP contribution in [0.15, 0.2) is 30.6 Å². The van der Waals surface area contributed by atoms with Crippen LogP contribution in [-0.4, -0.2) is 22.5 Å². The molecule has 0 radical (unpaired) electrons. The van der Waals surface area contributed by atoms with Crippen LogP contribution in [0.25, 0.3) is 10.2 Å². The zero-order valence-electron chi connectivity index (χ0n) is 13.2. The number of nitrogens with one attached hydrogen (secondary N) is 1. The number of aromatic nitrogens is 2. The van der Waals surface area contributed by atoms with Crippen molar-refractivity contribution in [2.45, 2.75) is 20.8 Å². The second-order valence-electron chi connectivity index (χ2n) is 5.29. The number of rotatable bonds is 4. The molecule has 3 rings (SSSR count). The molecule has 0 saturated carbocycles. The number of anilines is 1. The quantitative estimate of drug-likeness (QED) is 0.794. The van der Waals surface area contributed by atoms with E-state index in [9.17, 15) is 4.79 Å². The van der Waals surface area contributed by atoms with Gasteiger partial charge in [-0.15, -0.1) is 11.3 Å². The summed E-state index contributed by atoms with van der Waals surface area (Å²) in [4.78, 5) is 22.6. The van der Waals surface area contributed by atoms with Gasteiger partial charge in [-0.05, 0) is 38.0 Å². The second-order valence-corrected chi connectivity index (χ2v) is 6.50. The van der Waals surface area contributed by atoms with Crippen LogP contribution in [-0.2, 0) is 4.79 Å². The molecule has 0 aliphatic carbocycles. The van der Waals surface area contributed by atoms with Gasteiger partial charge in [-0.3, -0.25) is 4.79 Å². The van der Waals surface area contributed by atoms with Gasteiger partial charge in [-0.1, -0.05) is 18.2 Å². The molecule has 0 aliphatic heterocycles. The summed E-state index contributed by atoms with van der Waals surface area (Å²) in [6.45, 7) is 5.91. The Morgan fingerprint density at radius 3 is 2.78 bits per heavy atom. The number of aryl methyl sites for hydroxylation is 3. The average molecular weight is 327 g/mol. The molecule has 3 aromatic rings. The molecule has 0 saturated heterocycles. The molecule has 5 nitrogen and oxygen atoms in total. The van der Waals surface area contributed by atoms with E-state index in [1.165, 1.54) is 11.2 Å². The van der Waals surface area contributed by atoms with E-state index in [1.807, 2.05) is 45.0 Å². The van der Waals surface area contributed by atoms with E-state index in [0.29, 0.717) is 5.88 Å². The van der Waals surface area contributed by atoms with Crippen molar-refractivity contribution < 1.29 is 9.53 Å². The van der Waals surface area contributed by atoms with Gasteiger partial charge in [0.15, 0.2) is 6.61 Å². The largest absolute Gasteiger partial charge is 0.467 e. The number of amides is 1. The van der Waals surface area contributed by atoms with Gasteiger partial charge >= 0.3 is 0 Å². The molecular formula is C17H17N3O2S. The van der Waals surface area contributed by atoms with E-state index in [-0.39, 0.29) is 12.5 Å². The van der Waals surface area contributed by atoms with Crippen molar-refractivity contribution in [2.75, 3.05) is 11.9 Å². The van der Waals surface area contributed by atoms with Crippen molar-refractivity contribution in [3.05, 3.63) is 46.6 Å². The number of ether oxygens (including phenoxy) is 1. The minimum absolute atomic E-state index is 0.0885. The molecule has 118 valence electrons. The lowest BCUT2D eigenvalue weighted by Crippen LogP contribution is -2.21. The second kappa shape index (κ2) is 6.34. The van der Waals surface area contributed by atoms with Gasteiger partial charge in [0, 0.05) is 10.6 Å². The highest BCUT2D eigenvalue weighted by molar-refractivity contribution is 7.18. The lowest BCUT2D eigenvalue weighted by molar-refractivity contribution is -0.118. The zero-order chi connectivity index (χ0) is 16.4. The summed E-state index contributed by atoms with van der Waals surface area (Å²) >= 11 is 1.60. The average Bonchev–Trinajstić information content (AvgIpc) is 2.83. The first kappa shape index (κ1) is 15.4. The van der Waals surface area contributed by atoms with Crippen molar-refractivity contribution >= 4 is 33.1 Å². The fourth-order valence-corrected chi connectivity index (χ4v) is 3.28. The van der Waals surface area contributed by atoms with Gasteiger partial charge in [0.1, 0.15) is 11.2 Å². The topological polar surface area (TPSA) is 64.1 Å². The highest BCUT2D eigenvalue weighted by Crippen LogP contribution is 2.33. The summed E-state index contributed by atoms with van der Waals surface area (Å²) in [6, 6.07) is 7.63. The smallest absolute Gasteiger partial charge is 0.262 e. The standard InChI is InChI=1S/C17H17N3O2S/c1-10-6-4-5-7-13(10)20-14(21)8-22-16-15-11(2)12(3)23-17(15)19-9-18-16/h4-7,9H,8H2,1-3H3,(H,20,21). The molecule has 0 aliphatic rings. The molecule has 6 heteroatoms. The lowest BCUT2D eigenvalue weighted by Gasteiger charge is -2.09. The molecule has 23 heavy (non-hydrogen) atoms. The fraction of sp³-hybridized carbons (Fsp3) is 0.235. The Labute approximate surface area is 138 Å². The summed E-state index contributed by atoms with van der Waals surface area (Å²) in [5, 5.41) is 3.73. The highest BCUT2D eigenvalue weighted by Gasteiger charge is 2.14. The number of benzene rings is 1. The summed E-state index contributed by atoms with van der Waals surface area (Å²) < 4.78 is 5.63. The molecule has 1 amide bonds. The lowest BCUT2D eigenvalue weighted by atomic mass is 10.2. The highest BCUT2D eigenvalue weighted by atomic mass is 32.1. The van der Waals surface area contributed by atoms with Gasteiger partial charge in [-0.25, -0.2) is 9.97 Å². The fourth-order valence-electron chi connectivity index (χ4n) is 2.29. The molecule has 2 aromatic heterocycles. The Kier molecular flexibility index (Phi) is 4.25. The molecule has 0 bridgehead atoms. The van der Waals surface area contributed by atoms with Gasteiger partial charge in [0.25, 0.3) is 5.91 Å². The SMILES string of the molecule is Cc1ccccc1NC(=O)COc1ncnc2sc(C)c(C)c12. The maximum Gasteiger partial charge on any atom is 0.262 e. The first-order valence-electron chi connectivity index (χ1n) is 7.25. The van der Waals surface area contributed by atoms with E-state index >= 15 is 0 Å². The van der Waals surface area contributed by atoms with Crippen LogP contribution in [0.3, 0.4) is 0 Å². The van der Waals surface area contributed by atoms with E-state index in [0.717, 1.165) is 27.0 Å². The van der Waals surface area contributed by atoms with E-state index < -0.39 is 0 Å². The number of para-hydroxylation sites is 1. The summed E-state index contributed by atoms with van der Waals surface area (Å²) in [7, 11) is 0. The van der Waals surface area contributed by atoms with Crippen molar-refractivity contribution in [3.63, 3.8) is 0 Å². The van der Waals surface area contributed by atoms with Gasteiger partial charge in [-0.2, -0.15) is 0 Å². The van der Waals surface area contributed by atoms with Gasteiger partial charge in [0.2, 0.25) is 5.88 Å². The number of hydrogen-bond acceptors (Lipinski definition) is 5. The van der Waals surface area contributed by atoms with Crippen molar-refractivity contribution in [2.24, 2.45) is 0 Å². The Hall–Kier alpha value is -2.47. The normalized spacial score (nSPS) is 10.7. The van der Waals surface area contributed by atoms with Crippen LogP contribution >= 0.6 is 11.3 Å². The first-order chi connectivity index (χ1) is 11.1. The van der Waals surface area contributed by atoms with Gasteiger partial charge < -0.3 is 10.1 Å². The Balaban J connectivity index is 1.74. The maximum atomic E-state index is 12.1. The predicted octanol–water partition coefficient (Wildman–Crippen LogP) is 3.63. The van der Waals surface area contributed by atoms with Crippen molar-refractivity contribution in [3.8, 4) is 5.88 Å². The van der Waals surface area contributed by atoms with Crippen molar-refractivity contribution in [1.29, 1.82) is 0 Å². The molecule has 2 heterocycles. The summed E-state index contributed by atoms with van der Waals surface area (Å²) in [5.41, 5.74) is 2.89. The van der Waals surface area contributed by atoms with Crippen LogP contribution in [0.2, 0.25) is 0 Å². The number of thiophene rings is 1. The van der Waals surface area contributed by atoms with Gasteiger partial charge in [0.05, 0.1) is 5.39 Å². The van der Waals surface area contributed by atoms with Crippen LogP contribution in [0, 0.1) is 20.8 Å². The zero-order valence-corrected chi connectivity index (χ0v) is 14.0. The number of nitrogens with zero attached hydrogens (tertiary/aromatic N) is 2. The van der Waals surface area contributed by atoms with Crippen LogP contribution < -0.4 is 10.1 Å². The summed E-state index contributed by atoms with van der Waals surface area (Å²) in [5.74, 6) is 0.243. The third-order valence-corrected chi connectivity index (χ3v) is 4.80. The van der Waals surface area contributed by atoms with Crippen LogP contribution in [0.5, 0.6) is 5.88 Å². The monoisotopic (exact) mass is 327 g/mol. The minimum Gasteiger partial charge on any atom is -0.467 e. The first-order valence-corrected chi connectivity index (χ1v) is 8.07. The predicted molar refractivity (Wildman–Crippen MR) is 92.2 cm³/mol. The maximum absolute atomic E-state index is 12.1. The number of carbonyl (C=O) groups is 1. The van der Waals surface area contributed by atoms with Crippen LogP contribution in [0.1, 0.15) is 16.0 Å². The van der Waals surface area contributed by atoms with Crippen molar-refractivity contribution in [1.82, 2.24) is 9.97 Å². The molecule has 0 atom stereocenters. The van der Waals surface area contributed by atoms with E-state index in [1.54, 1.807) is 11.3 Å². The Morgan fingerprint density at radius 2 is 2.00 bits per heavy atom. The number of fused-ring (bicyclic) bond motifs is 1. The Morgan fingerprint density at radius 1 is 1.22 bits per heavy atom. The third-order valence-electron chi connectivity index (χ3n) is 3.69. The van der Waals surface area contributed by atoms with E-state index in [2.05, 4.69) is 15.3 Å². The molecule has 0 fully saturated rings.